The topological polar surface area (TPSA) is 46.0 Å². The summed E-state index contributed by atoms with van der Waals surface area (Å²) in [6.07, 6.45) is 5.01. The first-order chi connectivity index (χ1) is 13.5. The molecule has 0 amide bonds. The van der Waals surface area contributed by atoms with Gasteiger partial charge in [0.05, 0.1) is 11.4 Å². The van der Waals surface area contributed by atoms with Crippen molar-refractivity contribution in [2.75, 3.05) is 19.4 Å². The fourth-order valence-corrected chi connectivity index (χ4v) is 3.50. The van der Waals surface area contributed by atoms with E-state index in [0.29, 0.717) is 12.0 Å². The Morgan fingerprint density at radius 1 is 1.14 bits per heavy atom. The van der Waals surface area contributed by atoms with Gasteiger partial charge in [-0.25, -0.2) is 4.98 Å². The Hall–Kier alpha value is -2.82. The van der Waals surface area contributed by atoms with E-state index in [1.54, 1.807) is 0 Å². The number of fused-ring (bicyclic) bond motifs is 1. The van der Waals surface area contributed by atoms with E-state index < -0.39 is 0 Å². The van der Waals surface area contributed by atoms with Crippen molar-refractivity contribution in [2.24, 2.45) is 0 Å². The van der Waals surface area contributed by atoms with Gasteiger partial charge in [0.1, 0.15) is 5.65 Å². The molecule has 1 N–H and O–H groups in total. The van der Waals surface area contributed by atoms with Crippen LogP contribution in [0.4, 0.5) is 11.6 Å². The van der Waals surface area contributed by atoms with Gasteiger partial charge in [-0.05, 0) is 43.0 Å². The van der Waals surface area contributed by atoms with Gasteiger partial charge in [-0.1, -0.05) is 39.5 Å². The Morgan fingerprint density at radius 3 is 2.39 bits per heavy atom. The number of benzene rings is 1. The number of hydrogen-bond acceptors (Lipinski definition) is 4. The maximum absolute atomic E-state index is 4.87. The summed E-state index contributed by atoms with van der Waals surface area (Å²) in [6.45, 7) is 10.9. The van der Waals surface area contributed by atoms with Crippen LogP contribution in [0, 0.1) is 0 Å². The van der Waals surface area contributed by atoms with E-state index in [2.05, 4.69) is 77.4 Å². The van der Waals surface area contributed by atoms with Crippen LogP contribution in [0.3, 0.4) is 0 Å². The van der Waals surface area contributed by atoms with Crippen molar-refractivity contribution in [3.05, 3.63) is 54.4 Å². The van der Waals surface area contributed by atoms with Gasteiger partial charge in [-0.15, -0.1) is 0 Å². The molecule has 3 rings (SSSR count). The first-order valence-electron chi connectivity index (χ1n) is 10.1. The zero-order valence-corrected chi connectivity index (χ0v) is 17.7. The molecule has 0 unspecified atom stereocenters. The molecule has 3 aromatic rings. The van der Waals surface area contributed by atoms with Gasteiger partial charge < -0.3 is 14.8 Å². The third-order valence-electron chi connectivity index (χ3n) is 5.34. The van der Waals surface area contributed by atoms with Gasteiger partial charge in [0.15, 0.2) is 0 Å². The molecule has 1 aromatic carbocycles. The van der Waals surface area contributed by atoms with Gasteiger partial charge >= 0.3 is 0 Å². The Bertz CT molecular complexity index is 949. The summed E-state index contributed by atoms with van der Waals surface area (Å²) in [7, 11) is 4.05. The predicted octanol–water partition coefficient (Wildman–Crippen LogP) is 5.63. The maximum atomic E-state index is 4.87. The Balaban J connectivity index is 2.05. The lowest BCUT2D eigenvalue weighted by molar-refractivity contribution is 0.472. The quantitative estimate of drug-likeness (QED) is 0.552. The molecule has 5 heteroatoms. The highest BCUT2D eigenvalue weighted by atomic mass is 15.2. The molecule has 0 saturated heterocycles. The van der Waals surface area contributed by atoms with Crippen molar-refractivity contribution in [1.82, 2.24) is 19.4 Å². The summed E-state index contributed by atoms with van der Waals surface area (Å²) >= 11 is 0. The lowest BCUT2D eigenvalue weighted by atomic mass is 10.1. The van der Waals surface area contributed by atoms with Crippen LogP contribution in [0.5, 0.6) is 0 Å². The number of nitrogens with zero attached hydrogens (tertiary/aromatic N) is 4. The molecule has 148 valence electrons. The molecule has 2 heterocycles. The second kappa shape index (κ2) is 8.46. The van der Waals surface area contributed by atoms with E-state index in [4.69, 9.17) is 4.98 Å². The minimum atomic E-state index is 0.371. The molecule has 0 aliphatic rings. The lowest BCUT2D eigenvalue weighted by Crippen LogP contribution is -2.16. The van der Waals surface area contributed by atoms with Crippen LogP contribution in [0.15, 0.2) is 43.1 Å². The number of aryl methyl sites for hydroxylation is 1. The van der Waals surface area contributed by atoms with Crippen molar-refractivity contribution in [1.29, 1.82) is 0 Å². The Labute approximate surface area is 168 Å². The van der Waals surface area contributed by atoms with E-state index in [1.165, 1.54) is 5.56 Å². The molecule has 0 radical (unpaired) electrons. The van der Waals surface area contributed by atoms with Crippen LogP contribution in [0.1, 0.15) is 50.9 Å². The smallest absolute Gasteiger partial charge is 0.229 e. The average Bonchev–Trinajstić information content (AvgIpc) is 3.07. The third-order valence-corrected chi connectivity index (χ3v) is 5.34. The van der Waals surface area contributed by atoms with Gasteiger partial charge in [0.2, 0.25) is 5.95 Å². The van der Waals surface area contributed by atoms with Gasteiger partial charge in [0.25, 0.3) is 0 Å². The zero-order valence-electron chi connectivity index (χ0n) is 17.7. The monoisotopic (exact) mass is 377 g/mol. The molecular weight excluding hydrogens is 346 g/mol. The average molecular weight is 378 g/mol. The van der Waals surface area contributed by atoms with Crippen LogP contribution >= 0.6 is 0 Å². The lowest BCUT2D eigenvalue weighted by Gasteiger charge is -2.23. The Morgan fingerprint density at radius 2 is 1.82 bits per heavy atom. The molecule has 0 atom stereocenters. The second-order valence-electron chi connectivity index (χ2n) is 7.36. The fraction of sp³-hybridized carbons (Fsp3) is 0.391. The number of anilines is 2. The summed E-state index contributed by atoms with van der Waals surface area (Å²) in [5, 5.41) is 4.38. The predicted molar refractivity (Wildman–Crippen MR) is 119 cm³/mol. The van der Waals surface area contributed by atoms with Gasteiger partial charge in [-0.2, -0.15) is 4.98 Å². The minimum Gasteiger partial charge on any atom is -0.376 e. The first-order valence-corrected chi connectivity index (χ1v) is 10.1. The molecule has 0 fully saturated rings. The molecule has 0 spiro atoms. The van der Waals surface area contributed by atoms with Crippen LogP contribution < -0.4 is 5.32 Å². The van der Waals surface area contributed by atoms with Crippen LogP contribution in [0.2, 0.25) is 0 Å². The van der Waals surface area contributed by atoms with E-state index >= 15 is 0 Å². The summed E-state index contributed by atoms with van der Waals surface area (Å²) in [4.78, 5) is 11.5. The number of aromatic nitrogens is 3. The van der Waals surface area contributed by atoms with E-state index in [9.17, 15) is 0 Å². The standard InChI is InChI=1S/C23H31N5/c1-7-17-10-12-19(13-11-17)25-23-24-15-18-14-21(16(4)27(5)6)28(22(18)26-23)20(8-2)9-3/h10-15,20H,4,7-9H2,1-3,5-6H3,(H,24,25,26). The number of hydrogen-bond donors (Lipinski definition) is 1. The number of rotatable bonds is 8. The summed E-state index contributed by atoms with van der Waals surface area (Å²) in [6, 6.07) is 10.9. The molecule has 2 aromatic heterocycles. The molecule has 5 nitrogen and oxygen atoms in total. The molecule has 0 bridgehead atoms. The van der Waals surface area contributed by atoms with E-state index in [1.807, 2.05) is 20.3 Å². The summed E-state index contributed by atoms with van der Waals surface area (Å²) < 4.78 is 2.32. The molecule has 28 heavy (non-hydrogen) atoms. The summed E-state index contributed by atoms with van der Waals surface area (Å²) in [5.74, 6) is 0.615. The van der Waals surface area contributed by atoms with Crippen molar-refractivity contribution in [2.45, 2.75) is 46.1 Å². The van der Waals surface area contributed by atoms with E-state index in [0.717, 1.165) is 47.4 Å². The maximum Gasteiger partial charge on any atom is 0.229 e. The van der Waals surface area contributed by atoms with Crippen LogP contribution in [-0.4, -0.2) is 33.5 Å². The third kappa shape index (κ3) is 3.88. The van der Waals surface area contributed by atoms with Crippen molar-refractivity contribution in [3.8, 4) is 0 Å². The second-order valence-corrected chi connectivity index (χ2v) is 7.36. The van der Waals surface area contributed by atoms with Gasteiger partial charge in [-0.3, -0.25) is 0 Å². The SMILES string of the molecule is C=C(c1cc2cnc(Nc3ccc(CC)cc3)nc2n1C(CC)CC)N(C)C. The minimum absolute atomic E-state index is 0.371. The van der Waals surface area contributed by atoms with Crippen molar-refractivity contribution < 1.29 is 0 Å². The molecule has 0 saturated carbocycles. The van der Waals surface area contributed by atoms with Gasteiger partial charge in [0, 0.05) is 37.4 Å². The highest BCUT2D eigenvalue weighted by Gasteiger charge is 2.19. The summed E-state index contributed by atoms with van der Waals surface area (Å²) in [5.41, 5.74) is 5.35. The van der Waals surface area contributed by atoms with Crippen molar-refractivity contribution in [3.63, 3.8) is 0 Å². The largest absolute Gasteiger partial charge is 0.376 e. The molecule has 0 aliphatic carbocycles. The highest BCUT2D eigenvalue weighted by molar-refractivity contribution is 5.83. The van der Waals surface area contributed by atoms with Crippen LogP contribution in [0.25, 0.3) is 16.7 Å². The molecule has 0 aliphatic heterocycles. The van der Waals surface area contributed by atoms with E-state index in [-0.39, 0.29) is 0 Å². The fourth-order valence-electron chi connectivity index (χ4n) is 3.50. The zero-order chi connectivity index (χ0) is 20.3. The highest BCUT2D eigenvalue weighted by Crippen LogP contribution is 2.31. The Kier molecular flexibility index (Phi) is 6.02. The number of nitrogens with one attached hydrogen (secondary N) is 1. The van der Waals surface area contributed by atoms with Crippen molar-refractivity contribution >= 4 is 28.4 Å². The molecular formula is C23H31N5. The van der Waals surface area contributed by atoms with Crippen LogP contribution in [-0.2, 0) is 6.42 Å². The first kappa shape index (κ1) is 19.9. The normalized spacial score (nSPS) is 11.2.